The average Bonchev–Trinajstić information content (AvgIpc) is 3.56. The maximum Gasteiger partial charge on any atom is 0.237 e. The Hall–Kier alpha value is -4.12. The third kappa shape index (κ3) is 6.23. The zero-order chi connectivity index (χ0) is 26.3. The monoisotopic (exact) mass is 525 g/mol. The van der Waals surface area contributed by atoms with Crippen LogP contribution in [0.3, 0.4) is 0 Å². The van der Waals surface area contributed by atoms with Gasteiger partial charge in [-0.05, 0) is 47.4 Å². The van der Waals surface area contributed by atoms with E-state index in [1.54, 1.807) is 12.4 Å². The highest BCUT2D eigenvalue weighted by atomic mass is 35.5. The molecule has 1 amide bonds. The van der Waals surface area contributed by atoms with Gasteiger partial charge in [0.15, 0.2) is 0 Å². The molecule has 0 radical (unpaired) electrons. The van der Waals surface area contributed by atoms with E-state index >= 15 is 0 Å². The molecule has 5 rings (SSSR count). The van der Waals surface area contributed by atoms with Crippen molar-refractivity contribution >= 4 is 17.5 Å². The Morgan fingerprint density at radius 1 is 1.05 bits per heavy atom. The van der Waals surface area contributed by atoms with E-state index < -0.39 is 0 Å². The van der Waals surface area contributed by atoms with E-state index in [0.717, 1.165) is 28.8 Å². The summed E-state index contributed by atoms with van der Waals surface area (Å²) in [5.74, 6) is 0.603. The number of imidazole rings is 1. The number of nitrogens with zero attached hydrogens (tertiary/aromatic N) is 4. The number of halogens is 1. The predicted molar refractivity (Wildman–Crippen MR) is 145 cm³/mol. The quantitative estimate of drug-likeness (QED) is 0.317. The molecule has 1 atom stereocenters. The highest BCUT2D eigenvalue weighted by Gasteiger charge is 2.31. The van der Waals surface area contributed by atoms with E-state index in [1.165, 1.54) is 0 Å². The Morgan fingerprint density at radius 3 is 2.66 bits per heavy atom. The first-order chi connectivity index (χ1) is 18.6. The predicted octanol–water partition coefficient (Wildman–Crippen LogP) is 4.93. The molecule has 1 aromatic heterocycles. The molecule has 1 fully saturated rings. The molecule has 38 heavy (non-hydrogen) atoms. The van der Waals surface area contributed by atoms with Crippen LogP contribution in [0, 0.1) is 11.3 Å². The topological polar surface area (TPSA) is 83.2 Å². The minimum atomic E-state index is -0.217. The van der Waals surface area contributed by atoms with Gasteiger partial charge >= 0.3 is 0 Å². The van der Waals surface area contributed by atoms with Crippen molar-refractivity contribution in [2.75, 3.05) is 6.54 Å². The Labute approximate surface area is 227 Å². The molecule has 0 bridgehead atoms. The Bertz CT molecular complexity index is 1450. The number of benzene rings is 3. The molecule has 3 aromatic carbocycles. The summed E-state index contributed by atoms with van der Waals surface area (Å²) in [5.41, 5.74) is 4.56. The van der Waals surface area contributed by atoms with E-state index in [9.17, 15) is 10.1 Å². The van der Waals surface area contributed by atoms with Crippen molar-refractivity contribution in [1.29, 1.82) is 5.26 Å². The van der Waals surface area contributed by atoms with Crippen LogP contribution in [0.1, 0.15) is 34.4 Å². The minimum absolute atomic E-state index is 0.0467. The number of hydrogen-bond donors (Lipinski definition) is 1. The van der Waals surface area contributed by atoms with Crippen molar-refractivity contribution in [2.45, 2.75) is 38.7 Å². The summed E-state index contributed by atoms with van der Waals surface area (Å²) < 4.78 is 8.08. The van der Waals surface area contributed by atoms with Crippen LogP contribution < -0.4 is 10.1 Å². The maximum atomic E-state index is 12.6. The van der Waals surface area contributed by atoms with E-state index in [0.29, 0.717) is 49.1 Å². The molecule has 8 heteroatoms. The maximum absolute atomic E-state index is 12.6. The molecule has 2 heterocycles. The Balaban J connectivity index is 1.34. The lowest BCUT2D eigenvalue weighted by molar-refractivity contribution is -0.124. The van der Waals surface area contributed by atoms with Gasteiger partial charge in [-0.1, -0.05) is 60.1 Å². The van der Waals surface area contributed by atoms with Crippen LogP contribution in [0.2, 0.25) is 5.02 Å². The lowest BCUT2D eigenvalue weighted by atomic mass is 10.1. The van der Waals surface area contributed by atoms with Crippen molar-refractivity contribution in [3.8, 4) is 11.8 Å². The third-order valence-corrected chi connectivity index (χ3v) is 6.89. The van der Waals surface area contributed by atoms with Crippen LogP contribution in [0.15, 0.2) is 85.3 Å². The molecule has 0 aliphatic carbocycles. The molecule has 7 nitrogen and oxygen atoms in total. The molecular formula is C30H28ClN5O2. The SMILES string of the molecule is N#Cc1ccc(Cn2cncc2CN(Cc2cccc(Cl)c2)C2CCNC2=O)cc1OCc1ccccc1. The first kappa shape index (κ1) is 25.5. The molecule has 1 aliphatic heterocycles. The van der Waals surface area contributed by atoms with Crippen LogP contribution in [0.5, 0.6) is 5.75 Å². The number of nitriles is 1. The van der Waals surface area contributed by atoms with Gasteiger partial charge in [-0.2, -0.15) is 5.26 Å². The molecular weight excluding hydrogens is 498 g/mol. The summed E-state index contributed by atoms with van der Waals surface area (Å²) in [7, 11) is 0. The molecule has 0 saturated carbocycles. The molecule has 4 aromatic rings. The normalized spacial score (nSPS) is 14.9. The lowest BCUT2D eigenvalue weighted by Crippen LogP contribution is -2.40. The fourth-order valence-electron chi connectivity index (χ4n) is 4.71. The molecule has 1 saturated heterocycles. The molecule has 1 aliphatic rings. The van der Waals surface area contributed by atoms with Crippen molar-refractivity contribution in [1.82, 2.24) is 19.8 Å². The van der Waals surface area contributed by atoms with Gasteiger partial charge in [-0.25, -0.2) is 4.98 Å². The van der Waals surface area contributed by atoms with Crippen molar-refractivity contribution < 1.29 is 9.53 Å². The standard InChI is InChI=1S/C30H28ClN5O2/c31-26-8-4-7-23(13-26)17-35(28-11-12-34-30(28)37)19-27-16-33-21-36(27)18-24-9-10-25(15-32)29(14-24)38-20-22-5-2-1-3-6-22/h1-10,13-14,16,21,28H,11-12,17-20H2,(H,34,37). The van der Waals surface area contributed by atoms with Gasteiger partial charge in [0.2, 0.25) is 5.91 Å². The van der Waals surface area contributed by atoms with Crippen LogP contribution in [-0.4, -0.2) is 32.9 Å². The highest BCUT2D eigenvalue weighted by Crippen LogP contribution is 2.24. The fraction of sp³-hybridized carbons (Fsp3) is 0.233. The van der Waals surface area contributed by atoms with Crippen molar-refractivity contribution in [3.63, 3.8) is 0 Å². The summed E-state index contributed by atoms with van der Waals surface area (Å²) in [4.78, 5) is 19.2. The lowest BCUT2D eigenvalue weighted by Gasteiger charge is -2.27. The van der Waals surface area contributed by atoms with Gasteiger partial charge in [0, 0.05) is 37.4 Å². The summed E-state index contributed by atoms with van der Waals surface area (Å²) >= 11 is 6.22. The largest absolute Gasteiger partial charge is 0.488 e. The second-order valence-corrected chi connectivity index (χ2v) is 9.80. The van der Waals surface area contributed by atoms with Crippen LogP contribution in [0.4, 0.5) is 0 Å². The van der Waals surface area contributed by atoms with Crippen LogP contribution >= 0.6 is 11.6 Å². The van der Waals surface area contributed by atoms with E-state index in [-0.39, 0.29) is 11.9 Å². The highest BCUT2D eigenvalue weighted by molar-refractivity contribution is 6.30. The number of carbonyl (C=O) groups excluding carboxylic acids is 1. The first-order valence-corrected chi connectivity index (χ1v) is 12.9. The number of nitrogens with one attached hydrogen (secondary N) is 1. The van der Waals surface area contributed by atoms with Gasteiger partial charge < -0.3 is 14.6 Å². The summed E-state index contributed by atoms with van der Waals surface area (Å²) in [6.07, 6.45) is 4.39. The minimum Gasteiger partial charge on any atom is -0.488 e. The first-order valence-electron chi connectivity index (χ1n) is 12.5. The number of rotatable bonds is 10. The van der Waals surface area contributed by atoms with E-state index in [4.69, 9.17) is 16.3 Å². The summed E-state index contributed by atoms with van der Waals surface area (Å²) in [5, 5.41) is 13.2. The molecule has 0 spiro atoms. The zero-order valence-corrected chi connectivity index (χ0v) is 21.6. The van der Waals surface area contributed by atoms with Crippen molar-refractivity contribution in [3.05, 3.63) is 118 Å². The second-order valence-electron chi connectivity index (χ2n) is 9.36. The Morgan fingerprint density at radius 2 is 1.89 bits per heavy atom. The molecule has 1 N–H and O–H groups in total. The number of hydrogen-bond acceptors (Lipinski definition) is 5. The van der Waals surface area contributed by atoms with Gasteiger partial charge in [0.1, 0.15) is 18.4 Å². The summed E-state index contributed by atoms with van der Waals surface area (Å²) in [6.45, 7) is 2.77. The fourth-order valence-corrected chi connectivity index (χ4v) is 4.93. The summed E-state index contributed by atoms with van der Waals surface area (Å²) in [6, 6.07) is 25.3. The Kier molecular flexibility index (Phi) is 8.03. The van der Waals surface area contributed by atoms with Gasteiger partial charge in [-0.3, -0.25) is 9.69 Å². The number of amides is 1. The van der Waals surface area contributed by atoms with Gasteiger partial charge in [0.05, 0.1) is 23.6 Å². The van der Waals surface area contributed by atoms with E-state index in [1.807, 2.05) is 72.9 Å². The number of aromatic nitrogens is 2. The van der Waals surface area contributed by atoms with Gasteiger partial charge in [-0.15, -0.1) is 0 Å². The second kappa shape index (κ2) is 12.0. The average molecular weight is 526 g/mol. The van der Waals surface area contributed by atoms with Gasteiger partial charge in [0.25, 0.3) is 0 Å². The van der Waals surface area contributed by atoms with Crippen molar-refractivity contribution in [2.24, 2.45) is 0 Å². The zero-order valence-electron chi connectivity index (χ0n) is 20.9. The third-order valence-electron chi connectivity index (χ3n) is 6.66. The molecule has 192 valence electrons. The van der Waals surface area contributed by atoms with Crippen LogP contribution in [-0.2, 0) is 31.0 Å². The molecule has 1 unspecified atom stereocenters. The number of ether oxygens (including phenoxy) is 1. The smallest absolute Gasteiger partial charge is 0.237 e. The van der Waals surface area contributed by atoms with E-state index in [2.05, 4.69) is 25.8 Å². The van der Waals surface area contributed by atoms with Crippen LogP contribution in [0.25, 0.3) is 0 Å². The number of carbonyl (C=O) groups is 1.